The molecule has 0 unspecified atom stereocenters. The van der Waals surface area contributed by atoms with Gasteiger partial charge in [0.1, 0.15) is 0 Å². The number of aryl methyl sites for hydroxylation is 3. The highest BCUT2D eigenvalue weighted by molar-refractivity contribution is 8.13. The summed E-state index contributed by atoms with van der Waals surface area (Å²) in [5.41, 5.74) is 4.89. The molecule has 1 aromatic carbocycles. The van der Waals surface area contributed by atoms with E-state index in [1.165, 1.54) is 5.56 Å². The highest BCUT2D eigenvalue weighted by atomic mass is 32.2. The Labute approximate surface area is 87.5 Å². The molecule has 1 aromatic rings. The van der Waals surface area contributed by atoms with Crippen LogP contribution in [-0.2, 0) is 0 Å². The second-order valence-corrected chi connectivity index (χ2v) is 4.21. The summed E-state index contributed by atoms with van der Waals surface area (Å²) >= 11 is 1.01. The molecule has 1 amide bonds. The van der Waals surface area contributed by atoms with Crippen LogP contribution >= 0.6 is 11.8 Å². The molecule has 2 N–H and O–H groups in total. The largest absolute Gasteiger partial charge is 0.307 e. The van der Waals surface area contributed by atoms with Crippen LogP contribution in [0.2, 0.25) is 0 Å². The van der Waals surface area contributed by atoms with Crippen LogP contribution in [0.5, 0.6) is 0 Å². The third-order valence-corrected chi connectivity index (χ3v) is 3.02. The highest BCUT2D eigenvalue weighted by Crippen LogP contribution is 2.27. The van der Waals surface area contributed by atoms with E-state index >= 15 is 0 Å². The molecule has 0 saturated carbocycles. The maximum atomic E-state index is 11.0. The van der Waals surface area contributed by atoms with Crippen LogP contribution in [0.3, 0.4) is 0 Å². The number of carbonyl (C=O) groups is 1. The van der Waals surface area contributed by atoms with E-state index in [-0.39, 0.29) is 0 Å². The van der Waals surface area contributed by atoms with Gasteiger partial charge in [0.2, 0.25) is 0 Å². The van der Waals surface area contributed by atoms with Crippen molar-refractivity contribution in [3.63, 3.8) is 0 Å². The van der Waals surface area contributed by atoms with Crippen LogP contribution in [-0.4, -0.2) is 10.4 Å². The lowest BCUT2D eigenvalue weighted by atomic mass is 10.1. The molecule has 3 nitrogen and oxygen atoms in total. The first-order valence-corrected chi connectivity index (χ1v) is 5.06. The van der Waals surface area contributed by atoms with E-state index in [0.29, 0.717) is 0 Å². The van der Waals surface area contributed by atoms with E-state index in [1.807, 2.05) is 32.9 Å². The molecule has 0 aliphatic carbocycles. The zero-order chi connectivity index (χ0) is 10.7. The van der Waals surface area contributed by atoms with Gasteiger partial charge in [0.05, 0.1) is 0 Å². The van der Waals surface area contributed by atoms with E-state index in [0.717, 1.165) is 27.8 Å². The first-order valence-electron chi connectivity index (χ1n) is 4.24. The summed E-state index contributed by atoms with van der Waals surface area (Å²) in [6.45, 7) is 5.92. The van der Waals surface area contributed by atoms with Gasteiger partial charge in [0.15, 0.2) is 0 Å². The second-order valence-electron chi connectivity index (χ2n) is 3.23. The summed E-state index contributed by atoms with van der Waals surface area (Å²) in [4.78, 5) is 11.9. The number of benzene rings is 1. The molecule has 0 saturated heterocycles. The lowest BCUT2D eigenvalue weighted by molar-refractivity contribution is 0.180. The summed E-state index contributed by atoms with van der Waals surface area (Å²) < 4.78 is 0. The fraction of sp³-hybridized carbons (Fsp3) is 0.300. The van der Waals surface area contributed by atoms with Gasteiger partial charge in [-0.25, -0.2) is 5.48 Å². The van der Waals surface area contributed by atoms with Crippen LogP contribution in [0.4, 0.5) is 4.79 Å². The predicted molar refractivity (Wildman–Crippen MR) is 56.8 cm³/mol. The summed E-state index contributed by atoms with van der Waals surface area (Å²) in [5, 5.41) is 7.95. The van der Waals surface area contributed by atoms with Crippen molar-refractivity contribution in [2.75, 3.05) is 0 Å². The lowest BCUT2D eigenvalue weighted by Crippen LogP contribution is -2.12. The molecule has 0 fully saturated rings. The van der Waals surface area contributed by atoms with E-state index in [9.17, 15) is 4.79 Å². The van der Waals surface area contributed by atoms with Gasteiger partial charge >= 0.3 is 5.24 Å². The molecule has 76 valence electrons. The number of thioether (sulfide) groups is 1. The predicted octanol–water partition coefficient (Wildman–Crippen LogP) is 2.80. The zero-order valence-corrected chi connectivity index (χ0v) is 9.23. The van der Waals surface area contributed by atoms with E-state index in [2.05, 4.69) is 0 Å². The Kier molecular flexibility index (Phi) is 3.55. The van der Waals surface area contributed by atoms with Crippen LogP contribution in [0.1, 0.15) is 16.7 Å². The average Bonchev–Trinajstić information content (AvgIpc) is 2.10. The number of hydrogen-bond acceptors (Lipinski definition) is 3. The van der Waals surface area contributed by atoms with Gasteiger partial charge in [0.25, 0.3) is 0 Å². The maximum absolute atomic E-state index is 11.0. The molecule has 0 aliphatic heterocycles. The minimum absolute atomic E-state index is 0.458. The second kappa shape index (κ2) is 4.48. The standard InChI is InChI=1S/C10H13NO2S/c1-6-4-7(2)9(8(3)5-6)14-10(12)11-13/h4-5,13H,1-3H3,(H,11,12). The SMILES string of the molecule is Cc1cc(C)c(SC(=O)NO)c(C)c1. The molecular weight excluding hydrogens is 198 g/mol. The summed E-state index contributed by atoms with van der Waals surface area (Å²) in [6.07, 6.45) is 0. The Balaban J connectivity index is 3.02. The highest BCUT2D eigenvalue weighted by Gasteiger charge is 2.09. The van der Waals surface area contributed by atoms with Crippen molar-refractivity contribution in [3.8, 4) is 0 Å². The van der Waals surface area contributed by atoms with Gasteiger partial charge in [-0.1, -0.05) is 17.7 Å². The van der Waals surface area contributed by atoms with Crippen LogP contribution in [0.15, 0.2) is 17.0 Å². The van der Waals surface area contributed by atoms with Gasteiger partial charge in [-0.3, -0.25) is 10.0 Å². The van der Waals surface area contributed by atoms with Crippen molar-refractivity contribution >= 4 is 17.0 Å². The van der Waals surface area contributed by atoms with Gasteiger partial charge in [-0.05, 0) is 43.7 Å². The zero-order valence-electron chi connectivity index (χ0n) is 8.42. The van der Waals surface area contributed by atoms with Crippen molar-refractivity contribution in [3.05, 3.63) is 28.8 Å². The monoisotopic (exact) mass is 211 g/mol. The van der Waals surface area contributed by atoms with Crippen LogP contribution in [0.25, 0.3) is 0 Å². The Morgan fingerprint density at radius 3 is 2.21 bits per heavy atom. The number of carbonyl (C=O) groups excluding carboxylic acids is 1. The molecule has 0 radical (unpaired) electrons. The smallest absolute Gasteiger partial charge is 0.288 e. The van der Waals surface area contributed by atoms with Crippen molar-refractivity contribution < 1.29 is 10.0 Å². The Hall–Kier alpha value is -1.00. The molecule has 0 aromatic heterocycles. The first kappa shape index (κ1) is 11.1. The Morgan fingerprint density at radius 2 is 1.79 bits per heavy atom. The van der Waals surface area contributed by atoms with Gasteiger partial charge in [-0.15, -0.1) is 0 Å². The van der Waals surface area contributed by atoms with Gasteiger partial charge < -0.3 is 0 Å². The quantitative estimate of drug-likeness (QED) is 0.426. The third kappa shape index (κ3) is 2.49. The molecule has 0 aliphatic rings. The molecule has 0 atom stereocenters. The van der Waals surface area contributed by atoms with E-state index in [1.54, 1.807) is 5.48 Å². The molecular formula is C10H13NO2S. The number of rotatable bonds is 1. The number of amides is 1. The maximum Gasteiger partial charge on any atom is 0.307 e. The molecule has 0 spiro atoms. The normalized spacial score (nSPS) is 10.0. The Bertz CT molecular complexity index is 340. The van der Waals surface area contributed by atoms with Crippen molar-refractivity contribution in [2.24, 2.45) is 0 Å². The van der Waals surface area contributed by atoms with Gasteiger partial charge in [-0.2, -0.15) is 0 Å². The fourth-order valence-electron chi connectivity index (χ4n) is 1.44. The molecule has 0 heterocycles. The van der Waals surface area contributed by atoms with Crippen LogP contribution < -0.4 is 5.48 Å². The van der Waals surface area contributed by atoms with E-state index < -0.39 is 5.24 Å². The minimum atomic E-state index is -0.458. The number of hydrogen-bond donors (Lipinski definition) is 2. The average molecular weight is 211 g/mol. The summed E-state index contributed by atoms with van der Waals surface area (Å²) in [5.74, 6) is 0. The lowest BCUT2D eigenvalue weighted by Gasteiger charge is -2.08. The molecule has 4 heteroatoms. The topological polar surface area (TPSA) is 49.3 Å². The summed E-state index contributed by atoms with van der Waals surface area (Å²) in [6, 6.07) is 4.03. The van der Waals surface area contributed by atoms with E-state index in [4.69, 9.17) is 5.21 Å². The van der Waals surface area contributed by atoms with Gasteiger partial charge in [0, 0.05) is 4.90 Å². The molecule has 0 bridgehead atoms. The third-order valence-electron chi connectivity index (χ3n) is 1.89. The number of hydroxylamine groups is 1. The molecule has 1 rings (SSSR count). The first-order chi connectivity index (χ1) is 6.54. The molecule has 14 heavy (non-hydrogen) atoms. The van der Waals surface area contributed by atoms with Crippen molar-refractivity contribution in [1.82, 2.24) is 5.48 Å². The minimum Gasteiger partial charge on any atom is -0.288 e. The fourth-order valence-corrected chi connectivity index (χ4v) is 2.11. The Morgan fingerprint density at radius 1 is 1.29 bits per heavy atom. The van der Waals surface area contributed by atoms with Crippen molar-refractivity contribution in [1.29, 1.82) is 0 Å². The van der Waals surface area contributed by atoms with Crippen molar-refractivity contribution in [2.45, 2.75) is 25.7 Å². The van der Waals surface area contributed by atoms with Crippen LogP contribution in [0, 0.1) is 20.8 Å². The summed E-state index contributed by atoms with van der Waals surface area (Å²) in [7, 11) is 0. The number of nitrogens with one attached hydrogen (secondary N) is 1.